The fourth-order valence-electron chi connectivity index (χ4n) is 2.20. The normalized spacial score (nSPS) is 10.1. The molecule has 0 saturated heterocycles. The van der Waals surface area contributed by atoms with Crippen molar-refractivity contribution in [2.45, 2.75) is 19.4 Å². The molecule has 0 fully saturated rings. The molecule has 1 amide bonds. The molecule has 0 radical (unpaired) electrons. The lowest BCUT2D eigenvalue weighted by Gasteiger charge is -2.12. The van der Waals surface area contributed by atoms with Gasteiger partial charge in [-0.05, 0) is 30.2 Å². The number of nitrogens with zero attached hydrogens (tertiary/aromatic N) is 1. The van der Waals surface area contributed by atoms with Crippen molar-refractivity contribution in [2.75, 3.05) is 14.2 Å². The minimum Gasteiger partial charge on any atom is -0.496 e. The first-order chi connectivity index (χ1) is 10.7. The lowest BCUT2D eigenvalue weighted by molar-refractivity contribution is -0.121. The van der Waals surface area contributed by atoms with Crippen molar-refractivity contribution in [1.29, 1.82) is 0 Å². The van der Waals surface area contributed by atoms with E-state index in [0.717, 1.165) is 22.6 Å². The number of methoxy groups -OCH3 is 2. The molecule has 0 spiro atoms. The third kappa shape index (κ3) is 4.22. The van der Waals surface area contributed by atoms with Gasteiger partial charge in [-0.15, -0.1) is 0 Å². The molecule has 22 heavy (non-hydrogen) atoms. The molecule has 5 heteroatoms. The highest BCUT2D eigenvalue weighted by Gasteiger charge is 2.11. The molecule has 0 bridgehead atoms. The number of carbonyl (C=O) groups excluding carboxylic acids is 1. The first kappa shape index (κ1) is 15.8. The van der Waals surface area contributed by atoms with E-state index in [0.29, 0.717) is 19.4 Å². The van der Waals surface area contributed by atoms with E-state index in [9.17, 15) is 4.79 Å². The molecule has 2 aromatic rings. The van der Waals surface area contributed by atoms with E-state index < -0.39 is 0 Å². The molecule has 116 valence electrons. The van der Waals surface area contributed by atoms with E-state index >= 15 is 0 Å². The van der Waals surface area contributed by atoms with Crippen LogP contribution in [0.15, 0.2) is 42.7 Å². The molecule has 0 aliphatic carbocycles. The van der Waals surface area contributed by atoms with Gasteiger partial charge in [-0.2, -0.15) is 0 Å². The number of carbonyl (C=O) groups is 1. The average Bonchev–Trinajstić information content (AvgIpc) is 2.58. The predicted molar refractivity (Wildman–Crippen MR) is 84.0 cm³/mol. The number of amides is 1. The van der Waals surface area contributed by atoms with Crippen LogP contribution in [-0.2, 0) is 17.8 Å². The van der Waals surface area contributed by atoms with Crippen molar-refractivity contribution in [3.05, 3.63) is 53.9 Å². The Bertz CT molecular complexity index is 592. The van der Waals surface area contributed by atoms with Gasteiger partial charge in [-0.3, -0.25) is 9.78 Å². The van der Waals surface area contributed by atoms with Gasteiger partial charge in [0, 0.05) is 30.9 Å². The molecule has 0 unspecified atom stereocenters. The van der Waals surface area contributed by atoms with Crippen LogP contribution < -0.4 is 14.8 Å². The number of nitrogens with one attached hydrogen (secondary N) is 1. The Morgan fingerprint density at radius 3 is 2.45 bits per heavy atom. The molecule has 1 N–H and O–H groups in total. The van der Waals surface area contributed by atoms with Crippen LogP contribution in [0.5, 0.6) is 11.5 Å². The topological polar surface area (TPSA) is 60.5 Å². The molecule has 0 aliphatic heterocycles. The summed E-state index contributed by atoms with van der Waals surface area (Å²) in [6.07, 6.45) is 4.38. The number of ether oxygens (including phenoxy) is 2. The molecule has 2 rings (SSSR count). The molecule has 0 aliphatic rings. The Kier molecular flexibility index (Phi) is 5.77. The van der Waals surface area contributed by atoms with E-state index in [1.165, 1.54) is 0 Å². The van der Waals surface area contributed by atoms with Crippen molar-refractivity contribution in [3.63, 3.8) is 0 Å². The zero-order valence-electron chi connectivity index (χ0n) is 12.8. The van der Waals surface area contributed by atoms with E-state index in [1.807, 2.05) is 30.3 Å². The lowest BCUT2D eigenvalue weighted by Crippen LogP contribution is -2.23. The number of hydrogen-bond donors (Lipinski definition) is 1. The number of hydrogen-bond acceptors (Lipinski definition) is 4. The Morgan fingerprint density at radius 2 is 1.86 bits per heavy atom. The fourth-order valence-corrected chi connectivity index (χ4v) is 2.20. The summed E-state index contributed by atoms with van der Waals surface area (Å²) in [6, 6.07) is 9.37. The summed E-state index contributed by atoms with van der Waals surface area (Å²) in [5, 5.41) is 2.88. The van der Waals surface area contributed by atoms with E-state index in [1.54, 1.807) is 26.6 Å². The van der Waals surface area contributed by atoms with Gasteiger partial charge in [0.2, 0.25) is 5.91 Å². The summed E-state index contributed by atoms with van der Waals surface area (Å²) in [6.45, 7) is 0.482. The molecular formula is C17H20N2O3. The maximum Gasteiger partial charge on any atom is 0.220 e. The van der Waals surface area contributed by atoms with Crippen LogP contribution in [-0.4, -0.2) is 25.1 Å². The van der Waals surface area contributed by atoms with Gasteiger partial charge >= 0.3 is 0 Å². The van der Waals surface area contributed by atoms with E-state index in [4.69, 9.17) is 9.47 Å². The van der Waals surface area contributed by atoms with E-state index in [-0.39, 0.29) is 5.91 Å². The van der Waals surface area contributed by atoms with Crippen LogP contribution in [0.4, 0.5) is 0 Å². The van der Waals surface area contributed by atoms with Gasteiger partial charge in [0.25, 0.3) is 0 Å². The highest BCUT2D eigenvalue weighted by molar-refractivity contribution is 5.76. The fraction of sp³-hybridized carbons (Fsp3) is 0.294. The van der Waals surface area contributed by atoms with E-state index in [2.05, 4.69) is 10.3 Å². The van der Waals surface area contributed by atoms with Gasteiger partial charge in [0.15, 0.2) is 0 Å². The third-order valence-electron chi connectivity index (χ3n) is 3.34. The maximum absolute atomic E-state index is 12.0. The largest absolute Gasteiger partial charge is 0.496 e. The second kappa shape index (κ2) is 8.02. The molecule has 1 aromatic carbocycles. The molecular weight excluding hydrogens is 280 g/mol. The van der Waals surface area contributed by atoms with Crippen LogP contribution in [0.3, 0.4) is 0 Å². The van der Waals surface area contributed by atoms with Crippen molar-refractivity contribution in [3.8, 4) is 11.5 Å². The highest BCUT2D eigenvalue weighted by atomic mass is 16.5. The SMILES string of the molecule is COc1cccc(OC)c1CCC(=O)NCc1cccnc1. The predicted octanol–water partition coefficient (Wildman–Crippen LogP) is 2.35. The Hall–Kier alpha value is -2.56. The van der Waals surface area contributed by atoms with Gasteiger partial charge in [0.05, 0.1) is 14.2 Å². The zero-order valence-corrected chi connectivity index (χ0v) is 12.8. The molecule has 5 nitrogen and oxygen atoms in total. The molecule has 0 atom stereocenters. The van der Waals surface area contributed by atoms with Gasteiger partial charge in [0.1, 0.15) is 11.5 Å². The van der Waals surface area contributed by atoms with Gasteiger partial charge < -0.3 is 14.8 Å². The smallest absolute Gasteiger partial charge is 0.220 e. The summed E-state index contributed by atoms with van der Waals surface area (Å²) < 4.78 is 10.7. The number of aromatic nitrogens is 1. The summed E-state index contributed by atoms with van der Waals surface area (Å²) in [7, 11) is 3.22. The monoisotopic (exact) mass is 300 g/mol. The summed E-state index contributed by atoms with van der Waals surface area (Å²) >= 11 is 0. The van der Waals surface area contributed by atoms with Gasteiger partial charge in [-0.25, -0.2) is 0 Å². The maximum atomic E-state index is 12.0. The molecule has 0 saturated carbocycles. The van der Waals surface area contributed by atoms with Crippen molar-refractivity contribution in [1.82, 2.24) is 10.3 Å². The summed E-state index contributed by atoms with van der Waals surface area (Å²) in [4.78, 5) is 16.0. The molecule has 1 heterocycles. The van der Waals surface area contributed by atoms with Crippen LogP contribution >= 0.6 is 0 Å². The quantitative estimate of drug-likeness (QED) is 0.852. The summed E-state index contributed by atoms with van der Waals surface area (Å²) in [5.74, 6) is 1.45. The van der Waals surface area contributed by atoms with Crippen molar-refractivity contribution < 1.29 is 14.3 Å². The van der Waals surface area contributed by atoms with Crippen LogP contribution in [0.25, 0.3) is 0 Å². The lowest BCUT2D eigenvalue weighted by atomic mass is 10.1. The van der Waals surface area contributed by atoms with Crippen LogP contribution in [0, 0.1) is 0 Å². The van der Waals surface area contributed by atoms with Gasteiger partial charge in [-0.1, -0.05) is 12.1 Å². The van der Waals surface area contributed by atoms with Crippen molar-refractivity contribution in [2.24, 2.45) is 0 Å². The average molecular weight is 300 g/mol. The zero-order chi connectivity index (χ0) is 15.8. The third-order valence-corrected chi connectivity index (χ3v) is 3.34. The minimum absolute atomic E-state index is 0.0168. The standard InChI is InChI=1S/C17H20N2O3/c1-21-15-6-3-7-16(22-2)14(15)8-9-17(20)19-12-13-5-4-10-18-11-13/h3-7,10-11H,8-9,12H2,1-2H3,(H,19,20). The molecule has 1 aromatic heterocycles. The highest BCUT2D eigenvalue weighted by Crippen LogP contribution is 2.29. The Morgan fingerprint density at radius 1 is 1.14 bits per heavy atom. The Balaban J connectivity index is 1.91. The van der Waals surface area contributed by atoms with Crippen LogP contribution in [0.2, 0.25) is 0 Å². The number of rotatable bonds is 7. The Labute approximate surface area is 130 Å². The first-order valence-electron chi connectivity index (χ1n) is 7.10. The first-order valence-corrected chi connectivity index (χ1v) is 7.10. The second-order valence-electron chi connectivity index (χ2n) is 4.78. The summed E-state index contributed by atoms with van der Waals surface area (Å²) in [5.41, 5.74) is 1.88. The minimum atomic E-state index is -0.0168. The van der Waals surface area contributed by atoms with Crippen LogP contribution in [0.1, 0.15) is 17.5 Å². The van der Waals surface area contributed by atoms with Crippen molar-refractivity contribution >= 4 is 5.91 Å². The number of benzene rings is 1. The number of pyridine rings is 1. The second-order valence-corrected chi connectivity index (χ2v) is 4.78.